The molecule has 7 heteroatoms. The van der Waals surface area contributed by atoms with E-state index in [0.717, 1.165) is 51.4 Å². The van der Waals surface area contributed by atoms with E-state index in [1.807, 2.05) is 0 Å². The first-order valence-corrected chi connectivity index (χ1v) is 9.51. The fraction of sp³-hybridized carbons (Fsp3) is 0.833. The number of carbonyl (C=O) groups excluding carboxylic acids is 1. The van der Waals surface area contributed by atoms with Crippen molar-refractivity contribution in [2.75, 3.05) is 33.3 Å². The van der Waals surface area contributed by atoms with Gasteiger partial charge in [0.2, 0.25) is 11.8 Å². The van der Waals surface area contributed by atoms with Crippen molar-refractivity contribution < 1.29 is 14.1 Å². The van der Waals surface area contributed by atoms with E-state index in [-0.39, 0.29) is 5.41 Å². The third-order valence-electron chi connectivity index (χ3n) is 6.10. The van der Waals surface area contributed by atoms with Gasteiger partial charge in [0.15, 0.2) is 5.82 Å². The van der Waals surface area contributed by atoms with E-state index in [1.54, 1.807) is 7.11 Å². The zero-order valence-corrected chi connectivity index (χ0v) is 15.1. The third kappa shape index (κ3) is 3.44. The van der Waals surface area contributed by atoms with Gasteiger partial charge >= 0.3 is 0 Å². The molecule has 4 rings (SSSR count). The highest BCUT2D eigenvalue weighted by Crippen LogP contribution is 2.41. The topological polar surface area (TPSA) is 71.7 Å². The highest BCUT2D eigenvalue weighted by atomic mass is 16.5. The van der Waals surface area contributed by atoms with Crippen LogP contribution < -0.4 is 0 Å². The minimum absolute atomic E-state index is 0.183. The van der Waals surface area contributed by atoms with Crippen LogP contribution in [0.4, 0.5) is 0 Å². The van der Waals surface area contributed by atoms with E-state index in [0.29, 0.717) is 30.8 Å². The summed E-state index contributed by atoms with van der Waals surface area (Å²) >= 11 is 0. The molecule has 1 amide bonds. The minimum atomic E-state index is -0.183. The van der Waals surface area contributed by atoms with Gasteiger partial charge in [-0.3, -0.25) is 9.69 Å². The maximum atomic E-state index is 13.1. The Morgan fingerprint density at radius 2 is 2.16 bits per heavy atom. The number of nitrogens with zero attached hydrogens (tertiary/aromatic N) is 4. The molecule has 1 aromatic rings. The van der Waals surface area contributed by atoms with Gasteiger partial charge in [-0.2, -0.15) is 4.98 Å². The molecule has 138 valence electrons. The maximum absolute atomic E-state index is 13.1. The number of carbonyl (C=O) groups is 1. The molecule has 3 heterocycles. The zero-order chi connectivity index (χ0) is 17.3. The van der Waals surface area contributed by atoms with Gasteiger partial charge in [-0.25, -0.2) is 0 Å². The lowest BCUT2D eigenvalue weighted by Crippen LogP contribution is -2.51. The smallest absolute Gasteiger partial charge is 0.240 e. The molecule has 25 heavy (non-hydrogen) atoms. The first-order valence-electron chi connectivity index (χ1n) is 9.51. The summed E-state index contributed by atoms with van der Waals surface area (Å²) in [6.45, 7) is 4.64. The van der Waals surface area contributed by atoms with Gasteiger partial charge < -0.3 is 14.2 Å². The maximum Gasteiger partial charge on any atom is 0.240 e. The molecule has 0 bridgehead atoms. The fourth-order valence-electron chi connectivity index (χ4n) is 4.52. The summed E-state index contributed by atoms with van der Waals surface area (Å²) in [7, 11) is 1.62. The molecule has 0 aromatic carbocycles. The monoisotopic (exact) mass is 348 g/mol. The van der Waals surface area contributed by atoms with E-state index >= 15 is 0 Å². The standard InChI is InChI=1S/C18H28N4O3/c1-24-12-15-19-16(25-20-15)11-21-9-7-18(13-21)6-3-8-22(17(18)23)10-14-4-2-5-14/h14H,2-13H2,1H3/t18-/m0/s1. The van der Waals surface area contributed by atoms with Crippen molar-refractivity contribution in [1.29, 1.82) is 0 Å². The lowest BCUT2D eigenvalue weighted by atomic mass is 9.77. The van der Waals surface area contributed by atoms with E-state index in [4.69, 9.17) is 9.26 Å². The van der Waals surface area contributed by atoms with Crippen LogP contribution in [0.15, 0.2) is 4.52 Å². The van der Waals surface area contributed by atoms with Crippen molar-refractivity contribution in [2.24, 2.45) is 11.3 Å². The second kappa shape index (κ2) is 7.03. The molecule has 1 aliphatic carbocycles. The van der Waals surface area contributed by atoms with Crippen LogP contribution in [0.25, 0.3) is 0 Å². The molecule has 0 radical (unpaired) electrons. The van der Waals surface area contributed by atoms with Crippen LogP contribution in [-0.4, -0.2) is 59.1 Å². The average molecular weight is 348 g/mol. The first-order chi connectivity index (χ1) is 12.2. The number of ether oxygens (including phenoxy) is 1. The first kappa shape index (κ1) is 17.0. The molecule has 3 fully saturated rings. The predicted molar refractivity (Wildman–Crippen MR) is 90.5 cm³/mol. The Morgan fingerprint density at radius 1 is 1.28 bits per heavy atom. The van der Waals surface area contributed by atoms with Crippen LogP contribution >= 0.6 is 0 Å². The number of aromatic nitrogens is 2. The fourth-order valence-corrected chi connectivity index (χ4v) is 4.52. The van der Waals surface area contributed by atoms with Crippen LogP contribution in [0.5, 0.6) is 0 Å². The largest absolute Gasteiger partial charge is 0.377 e. The van der Waals surface area contributed by atoms with Crippen molar-refractivity contribution in [2.45, 2.75) is 51.7 Å². The summed E-state index contributed by atoms with van der Waals surface area (Å²) < 4.78 is 10.3. The molecule has 1 spiro atoms. The number of hydrogen-bond donors (Lipinski definition) is 0. The highest BCUT2D eigenvalue weighted by Gasteiger charge is 2.48. The summed E-state index contributed by atoms with van der Waals surface area (Å²) in [5.41, 5.74) is -0.183. The summed E-state index contributed by atoms with van der Waals surface area (Å²) in [6, 6.07) is 0. The molecular formula is C18H28N4O3. The van der Waals surface area contributed by atoms with Crippen LogP contribution in [0.1, 0.15) is 50.2 Å². The number of methoxy groups -OCH3 is 1. The summed E-state index contributed by atoms with van der Waals surface area (Å²) in [5, 5.41) is 3.91. The van der Waals surface area contributed by atoms with E-state index < -0.39 is 0 Å². The molecule has 2 saturated heterocycles. The normalized spacial score (nSPS) is 28.0. The van der Waals surface area contributed by atoms with Crippen LogP contribution in [0, 0.1) is 11.3 Å². The molecule has 1 aromatic heterocycles. The van der Waals surface area contributed by atoms with Crippen LogP contribution in [0.3, 0.4) is 0 Å². The lowest BCUT2D eigenvalue weighted by Gasteiger charge is -2.42. The molecule has 0 N–H and O–H groups in total. The molecule has 1 atom stereocenters. The second-order valence-electron chi connectivity index (χ2n) is 7.93. The van der Waals surface area contributed by atoms with Gasteiger partial charge in [0, 0.05) is 26.7 Å². The van der Waals surface area contributed by atoms with Crippen molar-refractivity contribution in [3.8, 4) is 0 Å². The van der Waals surface area contributed by atoms with Gasteiger partial charge in [0.05, 0.1) is 12.0 Å². The van der Waals surface area contributed by atoms with Crippen molar-refractivity contribution in [3.63, 3.8) is 0 Å². The number of hydrogen-bond acceptors (Lipinski definition) is 6. The van der Waals surface area contributed by atoms with Crippen molar-refractivity contribution in [1.82, 2.24) is 19.9 Å². The molecular weight excluding hydrogens is 320 g/mol. The number of rotatable bonds is 6. The summed E-state index contributed by atoms with van der Waals surface area (Å²) in [6.07, 6.45) is 7.02. The Labute approximate surface area is 148 Å². The molecule has 0 unspecified atom stereocenters. The Bertz CT molecular complexity index is 615. The van der Waals surface area contributed by atoms with Gasteiger partial charge in [-0.05, 0) is 44.6 Å². The third-order valence-corrected chi connectivity index (χ3v) is 6.10. The Balaban J connectivity index is 1.36. The van der Waals surface area contributed by atoms with Gasteiger partial charge in [0.25, 0.3) is 0 Å². The second-order valence-corrected chi connectivity index (χ2v) is 7.93. The van der Waals surface area contributed by atoms with Crippen LogP contribution in [-0.2, 0) is 22.7 Å². The zero-order valence-electron chi connectivity index (χ0n) is 15.1. The molecule has 1 saturated carbocycles. The lowest BCUT2D eigenvalue weighted by molar-refractivity contribution is -0.146. The molecule has 3 aliphatic rings. The number of piperidine rings is 1. The van der Waals surface area contributed by atoms with E-state index in [9.17, 15) is 4.79 Å². The van der Waals surface area contributed by atoms with Gasteiger partial charge in [-0.15, -0.1) is 0 Å². The summed E-state index contributed by atoms with van der Waals surface area (Å²) in [5.74, 6) is 2.32. The Kier molecular flexibility index (Phi) is 4.78. The quantitative estimate of drug-likeness (QED) is 0.781. The Hall–Kier alpha value is -1.47. The van der Waals surface area contributed by atoms with E-state index in [1.165, 1.54) is 19.3 Å². The average Bonchev–Trinajstić information content (AvgIpc) is 3.16. The van der Waals surface area contributed by atoms with Crippen molar-refractivity contribution >= 4 is 5.91 Å². The molecule has 7 nitrogen and oxygen atoms in total. The molecule has 2 aliphatic heterocycles. The van der Waals surface area contributed by atoms with Crippen molar-refractivity contribution in [3.05, 3.63) is 11.7 Å². The van der Waals surface area contributed by atoms with Gasteiger partial charge in [-0.1, -0.05) is 11.6 Å². The van der Waals surface area contributed by atoms with Crippen LogP contribution in [0.2, 0.25) is 0 Å². The Morgan fingerprint density at radius 3 is 2.92 bits per heavy atom. The number of amides is 1. The SMILES string of the molecule is COCc1noc(CN2CC[C@@]3(CCCN(CC4CCC4)C3=O)C2)n1. The van der Waals surface area contributed by atoms with E-state index in [2.05, 4.69) is 19.9 Å². The predicted octanol–water partition coefficient (Wildman–Crippen LogP) is 1.83. The summed E-state index contributed by atoms with van der Waals surface area (Å²) in [4.78, 5) is 21.9. The van der Waals surface area contributed by atoms with Gasteiger partial charge in [0.1, 0.15) is 6.61 Å². The number of likely N-dealkylation sites (tertiary alicyclic amines) is 2. The highest BCUT2D eigenvalue weighted by molar-refractivity contribution is 5.84. The minimum Gasteiger partial charge on any atom is -0.377 e.